The summed E-state index contributed by atoms with van der Waals surface area (Å²) in [5, 5.41) is 4.26. The van der Waals surface area contributed by atoms with Crippen molar-refractivity contribution in [3.63, 3.8) is 0 Å². The molecule has 2 rings (SSSR count). The van der Waals surface area contributed by atoms with Crippen LogP contribution in [0.15, 0.2) is 42.1 Å². The number of hydrogen-bond acceptors (Lipinski definition) is 3. The maximum atomic E-state index is 11.6. The number of imide groups is 1. The van der Waals surface area contributed by atoms with E-state index in [1.807, 2.05) is 5.32 Å². The van der Waals surface area contributed by atoms with E-state index >= 15 is 0 Å². The largest absolute Gasteiger partial charge is 0.326 e. The first-order valence-corrected chi connectivity index (χ1v) is 4.60. The summed E-state index contributed by atoms with van der Waals surface area (Å²) in [6.07, 6.45) is 1.11. The second-order valence-corrected chi connectivity index (χ2v) is 3.20. The lowest BCUT2D eigenvalue weighted by molar-refractivity contribution is -0.115. The molecule has 16 heavy (non-hydrogen) atoms. The predicted octanol–water partition coefficient (Wildman–Crippen LogP) is 0.593. The minimum atomic E-state index is -0.614. The molecule has 0 aromatic heterocycles. The van der Waals surface area contributed by atoms with Crippen LogP contribution >= 0.6 is 0 Å². The first kappa shape index (κ1) is 10.1. The zero-order valence-electron chi connectivity index (χ0n) is 8.19. The highest BCUT2D eigenvalue weighted by molar-refractivity contribution is 6.16. The van der Waals surface area contributed by atoms with Crippen molar-refractivity contribution < 1.29 is 14.4 Å². The molecule has 0 spiro atoms. The number of ketones is 1. The van der Waals surface area contributed by atoms with Crippen LogP contribution in [-0.4, -0.2) is 17.7 Å². The third kappa shape index (κ3) is 1.98. The van der Waals surface area contributed by atoms with Crippen molar-refractivity contribution in [1.82, 2.24) is 10.6 Å². The molecule has 3 amide bonds. The number of carbonyl (C=O) groups excluding carboxylic acids is 3. The van der Waals surface area contributed by atoms with E-state index in [1.54, 1.807) is 30.3 Å². The smallest absolute Gasteiger partial charge is 0.303 e. The molecule has 2 N–H and O–H groups in total. The van der Waals surface area contributed by atoms with Crippen molar-refractivity contribution in [3.8, 4) is 0 Å². The van der Waals surface area contributed by atoms with Crippen LogP contribution in [0.2, 0.25) is 0 Å². The number of hydrogen-bond donors (Lipinski definition) is 2. The van der Waals surface area contributed by atoms with Gasteiger partial charge < -0.3 is 5.32 Å². The fourth-order valence-corrected chi connectivity index (χ4v) is 1.30. The molecule has 1 saturated heterocycles. The topological polar surface area (TPSA) is 75.3 Å². The number of rotatable bonds is 2. The number of allylic oxidation sites excluding steroid dienone is 1. The van der Waals surface area contributed by atoms with Gasteiger partial charge in [0.25, 0.3) is 5.91 Å². The van der Waals surface area contributed by atoms with Crippen LogP contribution in [-0.2, 0) is 4.79 Å². The normalized spacial score (nSPS) is 17.1. The van der Waals surface area contributed by atoms with E-state index in [9.17, 15) is 14.4 Å². The van der Waals surface area contributed by atoms with Crippen LogP contribution in [0.5, 0.6) is 0 Å². The lowest BCUT2D eigenvalue weighted by atomic mass is 10.1. The average Bonchev–Trinajstić information content (AvgIpc) is 2.59. The highest BCUT2D eigenvalue weighted by atomic mass is 16.2. The molecule has 5 heteroatoms. The van der Waals surface area contributed by atoms with Gasteiger partial charge in [-0.05, 0) is 0 Å². The molecule has 0 aliphatic carbocycles. The van der Waals surface area contributed by atoms with Gasteiger partial charge in [-0.15, -0.1) is 0 Å². The molecule has 80 valence electrons. The molecular formula is C11H8N2O3. The van der Waals surface area contributed by atoms with Crippen molar-refractivity contribution in [2.75, 3.05) is 0 Å². The highest BCUT2D eigenvalue weighted by Crippen LogP contribution is 2.04. The van der Waals surface area contributed by atoms with Crippen molar-refractivity contribution in [3.05, 3.63) is 47.7 Å². The van der Waals surface area contributed by atoms with E-state index < -0.39 is 11.9 Å². The van der Waals surface area contributed by atoms with E-state index in [4.69, 9.17) is 0 Å². The van der Waals surface area contributed by atoms with Gasteiger partial charge in [0, 0.05) is 11.6 Å². The molecular weight excluding hydrogens is 208 g/mol. The fraction of sp³-hybridized carbons (Fsp3) is 0. The first-order valence-electron chi connectivity index (χ1n) is 4.60. The summed E-state index contributed by atoms with van der Waals surface area (Å²) in [6, 6.07) is 7.88. The van der Waals surface area contributed by atoms with Gasteiger partial charge in [-0.25, -0.2) is 4.79 Å². The summed E-state index contributed by atoms with van der Waals surface area (Å²) < 4.78 is 0. The van der Waals surface area contributed by atoms with Crippen LogP contribution < -0.4 is 10.6 Å². The van der Waals surface area contributed by atoms with Gasteiger partial charge in [0.15, 0.2) is 5.78 Å². The summed E-state index contributed by atoms with van der Waals surface area (Å²) in [5.74, 6) is -0.915. The number of amides is 3. The summed E-state index contributed by atoms with van der Waals surface area (Å²) in [5.41, 5.74) is 0.433. The highest BCUT2D eigenvalue weighted by Gasteiger charge is 2.23. The van der Waals surface area contributed by atoms with Gasteiger partial charge in [-0.3, -0.25) is 14.9 Å². The SMILES string of the molecule is O=C1NC(=O)/C(=C/C(=O)c2ccccc2)N1. The Morgan fingerprint density at radius 1 is 1.06 bits per heavy atom. The molecule has 1 aromatic carbocycles. The monoisotopic (exact) mass is 216 g/mol. The van der Waals surface area contributed by atoms with Crippen LogP contribution in [0.1, 0.15) is 10.4 Å². The van der Waals surface area contributed by atoms with Gasteiger partial charge in [0.2, 0.25) is 0 Å². The Hall–Kier alpha value is -2.43. The number of urea groups is 1. The van der Waals surface area contributed by atoms with Gasteiger partial charge >= 0.3 is 6.03 Å². The Kier molecular flexibility index (Phi) is 2.51. The Morgan fingerprint density at radius 3 is 2.31 bits per heavy atom. The van der Waals surface area contributed by atoms with E-state index in [1.165, 1.54) is 0 Å². The minimum Gasteiger partial charge on any atom is -0.303 e. The van der Waals surface area contributed by atoms with Crippen molar-refractivity contribution in [2.24, 2.45) is 0 Å². The lowest BCUT2D eigenvalue weighted by Gasteiger charge is -1.95. The Balaban J connectivity index is 2.22. The maximum absolute atomic E-state index is 11.6. The molecule has 1 aromatic rings. The fourth-order valence-electron chi connectivity index (χ4n) is 1.30. The van der Waals surface area contributed by atoms with Crippen LogP contribution in [0.3, 0.4) is 0 Å². The van der Waals surface area contributed by atoms with E-state index in [2.05, 4.69) is 5.32 Å². The maximum Gasteiger partial charge on any atom is 0.326 e. The zero-order chi connectivity index (χ0) is 11.5. The molecule has 0 bridgehead atoms. The van der Waals surface area contributed by atoms with Crippen molar-refractivity contribution in [2.45, 2.75) is 0 Å². The standard InChI is InChI=1S/C11H8N2O3/c14-9(7-4-2-1-3-5-7)6-8-10(15)13-11(16)12-8/h1-6H,(H2,12,13,15,16)/b8-6-. The lowest BCUT2D eigenvalue weighted by Crippen LogP contribution is -2.22. The molecule has 0 radical (unpaired) electrons. The van der Waals surface area contributed by atoms with E-state index in [0.29, 0.717) is 5.56 Å². The Bertz CT molecular complexity index is 491. The summed E-state index contributed by atoms with van der Waals surface area (Å²) in [7, 11) is 0. The number of carbonyl (C=O) groups is 3. The van der Waals surface area contributed by atoms with Gasteiger partial charge in [0.05, 0.1) is 0 Å². The summed E-state index contributed by atoms with van der Waals surface area (Å²) >= 11 is 0. The van der Waals surface area contributed by atoms with Crippen LogP contribution in [0.25, 0.3) is 0 Å². The average molecular weight is 216 g/mol. The molecule has 1 aliphatic heterocycles. The number of benzene rings is 1. The van der Waals surface area contributed by atoms with Gasteiger partial charge in [-0.2, -0.15) is 0 Å². The third-order valence-corrected chi connectivity index (χ3v) is 2.05. The predicted molar refractivity (Wildman–Crippen MR) is 55.5 cm³/mol. The minimum absolute atomic E-state index is 0.0288. The van der Waals surface area contributed by atoms with Crippen LogP contribution in [0.4, 0.5) is 4.79 Å². The quantitative estimate of drug-likeness (QED) is 0.431. The van der Waals surface area contributed by atoms with Gasteiger partial charge in [-0.1, -0.05) is 30.3 Å². The third-order valence-electron chi connectivity index (χ3n) is 2.05. The van der Waals surface area contributed by atoms with Crippen molar-refractivity contribution >= 4 is 17.7 Å². The first-order chi connectivity index (χ1) is 7.66. The second kappa shape index (κ2) is 3.98. The summed E-state index contributed by atoms with van der Waals surface area (Å²) in [4.78, 5) is 33.6. The number of nitrogens with one attached hydrogen (secondary N) is 2. The summed E-state index contributed by atoms with van der Waals surface area (Å²) in [6.45, 7) is 0. The zero-order valence-corrected chi connectivity index (χ0v) is 8.19. The molecule has 0 saturated carbocycles. The molecule has 5 nitrogen and oxygen atoms in total. The van der Waals surface area contributed by atoms with Crippen molar-refractivity contribution in [1.29, 1.82) is 0 Å². The second-order valence-electron chi connectivity index (χ2n) is 3.20. The molecule has 1 aliphatic rings. The van der Waals surface area contributed by atoms with E-state index in [0.717, 1.165) is 6.08 Å². The Morgan fingerprint density at radius 2 is 1.75 bits per heavy atom. The molecule has 1 fully saturated rings. The molecule has 1 heterocycles. The van der Waals surface area contributed by atoms with Gasteiger partial charge in [0.1, 0.15) is 5.70 Å². The molecule has 0 atom stereocenters. The van der Waals surface area contributed by atoms with E-state index in [-0.39, 0.29) is 11.5 Å². The van der Waals surface area contributed by atoms with Crippen LogP contribution in [0, 0.1) is 0 Å². The Labute approximate surface area is 91.1 Å². The molecule has 0 unspecified atom stereocenters.